The Kier molecular flexibility index (Phi) is 5.89. The van der Waals surface area contributed by atoms with Crippen molar-refractivity contribution in [2.45, 2.75) is 53.1 Å². The number of nitrogens with zero attached hydrogens (tertiary/aromatic N) is 1. The topological polar surface area (TPSA) is 42.4 Å². The second-order valence-corrected chi connectivity index (χ2v) is 6.26. The SMILES string of the molecule is CCN(CCC(N)CC(C)(C)C)Cc1ccco1. The van der Waals surface area contributed by atoms with Crippen LogP contribution < -0.4 is 5.73 Å². The van der Waals surface area contributed by atoms with E-state index in [0.29, 0.717) is 5.41 Å². The Morgan fingerprint density at radius 2 is 2.11 bits per heavy atom. The van der Waals surface area contributed by atoms with E-state index in [4.69, 9.17) is 10.2 Å². The van der Waals surface area contributed by atoms with Crippen molar-refractivity contribution in [3.05, 3.63) is 24.2 Å². The summed E-state index contributed by atoms with van der Waals surface area (Å²) < 4.78 is 5.38. The Balaban J connectivity index is 2.31. The molecule has 2 N–H and O–H groups in total. The third-order valence-corrected chi connectivity index (χ3v) is 3.10. The first-order chi connectivity index (χ1) is 8.40. The molecule has 1 aromatic rings. The van der Waals surface area contributed by atoms with Crippen molar-refractivity contribution in [3.8, 4) is 0 Å². The number of hydrogen-bond donors (Lipinski definition) is 1. The molecule has 18 heavy (non-hydrogen) atoms. The van der Waals surface area contributed by atoms with E-state index in [1.54, 1.807) is 6.26 Å². The summed E-state index contributed by atoms with van der Waals surface area (Å²) in [5.74, 6) is 1.03. The molecule has 0 aliphatic heterocycles. The molecule has 0 amide bonds. The van der Waals surface area contributed by atoms with Gasteiger partial charge in [0.2, 0.25) is 0 Å². The maximum atomic E-state index is 6.19. The van der Waals surface area contributed by atoms with Gasteiger partial charge in [0.05, 0.1) is 12.8 Å². The van der Waals surface area contributed by atoms with Crippen molar-refractivity contribution in [3.63, 3.8) is 0 Å². The van der Waals surface area contributed by atoms with E-state index in [9.17, 15) is 0 Å². The molecule has 1 unspecified atom stereocenters. The third-order valence-electron chi connectivity index (χ3n) is 3.10. The number of rotatable bonds is 7. The fraction of sp³-hybridized carbons (Fsp3) is 0.733. The summed E-state index contributed by atoms with van der Waals surface area (Å²) in [6.45, 7) is 11.9. The van der Waals surface area contributed by atoms with Crippen LogP contribution in [0.1, 0.15) is 46.3 Å². The van der Waals surface area contributed by atoms with Gasteiger partial charge in [-0.15, -0.1) is 0 Å². The number of hydrogen-bond acceptors (Lipinski definition) is 3. The Hall–Kier alpha value is -0.800. The van der Waals surface area contributed by atoms with Crippen LogP contribution in [0.2, 0.25) is 0 Å². The predicted octanol–water partition coefficient (Wildman–Crippen LogP) is 3.26. The van der Waals surface area contributed by atoms with Gasteiger partial charge in [0.1, 0.15) is 5.76 Å². The molecule has 0 aromatic carbocycles. The fourth-order valence-corrected chi connectivity index (χ4v) is 2.21. The van der Waals surface area contributed by atoms with Crippen molar-refractivity contribution in [2.75, 3.05) is 13.1 Å². The Labute approximate surface area is 111 Å². The molecule has 1 aromatic heterocycles. The van der Waals surface area contributed by atoms with Gasteiger partial charge in [-0.3, -0.25) is 4.90 Å². The molecule has 0 aliphatic rings. The van der Waals surface area contributed by atoms with E-state index in [2.05, 4.69) is 32.6 Å². The van der Waals surface area contributed by atoms with Crippen LogP contribution >= 0.6 is 0 Å². The number of furan rings is 1. The van der Waals surface area contributed by atoms with E-state index < -0.39 is 0 Å². The van der Waals surface area contributed by atoms with Gasteiger partial charge >= 0.3 is 0 Å². The van der Waals surface area contributed by atoms with Gasteiger partial charge in [-0.1, -0.05) is 27.7 Å². The van der Waals surface area contributed by atoms with Crippen LogP contribution in [0.3, 0.4) is 0 Å². The van der Waals surface area contributed by atoms with Gasteiger partial charge in [-0.2, -0.15) is 0 Å². The van der Waals surface area contributed by atoms with Crippen LogP contribution in [0.15, 0.2) is 22.8 Å². The van der Waals surface area contributed by atoms with Crippen LogP contribution in [0.25, 0.3) is 0 Å². The molecule has 1 heterocycles. The highest BCUT2D eigenvalue weighted by Gasteiger charge is 2.16. The minimum atomic E-state index is 0.288. The minimum Gasteiger partial charge on any atom is -0.468 e. The Morgan fingerprint density at radius 3 is 2.61 bits per heavy atom. The second-order valence-electron chi connectivity index (χ2n) is 6.26. The Bertz CT molecular complexity index is 314. The number of nitrogens with two attached hydrogens (primary N) is 1. The molecular weight excluding hydrogens is 224 g/mol. The van der Waals surface area contributed by atoms with Gasteiger partial charge < -0.3 is 10.2 Å². The molecule has 0 saturated heterocycles. The molecule has 0 spiro atoms. The summed E-state index contributed by atoms with van der Waals surface area (Å²) in [6.07, 6.45) is 3.85. The second kappa shape index (κ2) is 6.95. The van der Waals surface area contributed by atoms with Gasteiger partial charge in [0, 0.05) is 12.6 Å². The zero-order chi connectivity index (χ0) is 13.6. The van der Waals surface area contributed by atoms with E-state index in [0.717, 1.165) is 38.2 Å². The quantitative estimate of drug-likeness (QED) is 0.810. The molecule has 1 rings (SSSR count). The largest absolute Gasteiger partial charge is 0.468 e. The van der Waals surface area contributed by atoms with Crippen LogP contribution in [0.5, 0.6) is 0 Å². The van der Waals surface area contributed by atoms with Crippen molar-refractivity contribution < 1.29 is 4.42 Å². The highest BCUT2D eigenvalue weighted by atomic mass is 16.3. The van der Waals surface area contributed by atoms with Crippen LogP contribution in [-0.4, -0.2) is 24.0 Å². The molecule has 0 aliphatic carbocycles. The summed E-state index contributed by atoms with van der Waals surface area (Å²) >= 11 is 0. The summed E-state index contributed by atoms with van der Waals surface area (Å²) in [6, 6.07) is 4.25. The average Bonchev–Trinajstić information content (AvgIpc) is 2.74. The summed E-state index contributed by atoms with van der Waals surface area (Å²) in [5, 5.41) is 0. The lowest BCUT2D eigenvalue weighted by atomic mass is 9.87. The molecule has 104 valence electrons. The highest BCUT2D eigenvalue weighted by molar-refractivity contribution is 4.97. The zero-order valence-corrected chi connectivity index (χ0v) is 12.3. The molecule has 0 radical (unpaired) electrons. The van der Waals surface area contributed by atoms with Gasteiger partial charge in [-0.05, 0) is 36.9 Å². The van der Waals surface area contributed by atoms with Crippen molar-refractivity contribution in [1.29, 1.82) is 0 Å². The van der Waals surface area contributed by atoms with E-state index in [-0.39, 0.29) is 6.04 Å². The molecule has 0 saturated carbocycles. The van der Waals surface area contributed by atoms with Crippen molar-refractivity contribution in [2.24, 2.45) is 11.1 Å². The standard InChI is InChI=1S/C15H28N2O/c1-5-17(12-14-7-6-10-18-14)9-8-13(16)11-15(2,3)4/h6-7,10,13H,5,8-9,11-12,16H2,1-4H3. The molecule has 3 heteroatoms. The monoisotopic (exact) mass is 252 g/mol. The molecule has 0 bridgehead atoms. The van der Waals surface area contributed by atoms with Gasteiger partial charge in [-0.25, -0.2) is 0 Å². The summed E-state index contributed by atoms with van der Waals surface area (Å²) in [7, 11) is 0. The smallest absolute Gasteiger partial charge is 0.117 e. The van der Waals surface area contributed by atoms with Crippen molar-refractivity contribution >= 4 is 0 Å². The maximum Gasteiger partial charge on any atom is 0.117 e. The average molecular weight is 252 g/mol. The van der Waals surface area contributed by atoms with E-state index in [1.807, 2.05) is 12.1 Å². The van der Waals surface area contributed by atoms with Gasteiger partial charge in [0.25, 0.3) is 0 Å². The lowest BCUT2D eigenvalue weighted by Gasteiger charge is -2.26. The Morgan fingerprint density at radius 1 is 1.39 bits per heavy atom. The highest BCUT2D eigenvalue weighted by Crippen LogP contribution is 2.21. The summed E-state index contributed by atoms with van der Waals surface area (Å²) in [5.41, 5.74) is 6.50. The first-order valence-corrected chi connectivity index (χ1v) is 6.91. The molecule has 3 nitrogen and oxygen atoms in total. The normalized spacial score (nSPS) is 14.1. The first kappa shape index (κ1) is 15.3. The van der Waals surface area contributed by atoms with Gasteiger partial charge in [0.15, 0.2) is 0 Å². The molecule has 1 atom stereocenters. The van der Waals surface area contributed by atoms with Crippen LogP contribution in [-0.2, 0) is 6.54 Å². The fourth-order valence-electron chi connectivity index (χ4n) is 2.21. The molecule has 0 fully saturated rings. The summed E-state index contributed by atoms with van der Waals surface area (Å²) in [4.78, 5) is 2.38. The minimum absolute atomic E-state index is 0.288. The van der Waals surface area contributed by atoms with Crippen molar-refractivity contribution in [1.82, 2.24) is 4.90 Å². The third kappa shape index (κ3) is 6.22. The molecular formula is C15H28N2O. The zero-order valence-electron chi connectivity index (χ0n) is 12.3. The lowest BCUT2D eigenvalue weighted by molar-refractivity contribution is 0.234. The van der Waals surface area contributed by atoms with Crippen LogP contribution in [0, 0.1) is 5.41 Å². The predicted molar refractivity (Wildman–Crippen MR) is 76.3 cm³/mol. The first-order valence-electron chi connectivity index (χ1n) is 6.91. The van der Waals surface area contributed by atoms with E-state index in [1.165, 1.54) is 0 Å². The maximum absolute atomic E-state index is 6.19. The lowest BCUT2D eigenvalue weighted by Crippen LogP contribution is -2.32. The van der Waals surface area contributed by atoms with Crippen LogP contribution in [0.4, 0.5) is 0 Å². The van der Waals surface area contributed by atoms with E-state index >= 15 is 0 Å².